The fourth-order valence-electron chi connectivity index (χ4n) is 3.01. The summed E-state index contributed by atoms with van der Waals surface area (Å²) >= 11 is 0. The molecule has 1 aliphatic carbocycles. The van der Waals surface area contributed by atoms with Crippen molar-refractivity contribution in [3.8, 4) is 0 Å². The standard InChI is InChI=1S/C15H24N4O/c1-3-13-11(9-18(2)17-13)10-19-8-4-5-14(15(19)20)16-12-6-7-12/h9,12,14,16H,3-8,10H2,1-2H3. The molecule has 3 rings (SSSR count). The van der Waals surface area contributed by atoms with Crippen LogP contribution in [0.25, 0.3) is 0 Å². The zero-order valence-electron chi connectivity index (χ0n) is 12.4. The first-order valence-electron chi connectivity index (χ1n) is 7.73. The van der Waals surface area contributed by atoms with Crippen LogP contribution in [0.1, 0.15) is 43.9 Å². The van der Waals surface area contributed by atoms with Crippen LogP contribution in [0.2, 0.25) is 0 Å². The zero-order valence-corrected chi connectivity index (χ0v) is 12.4. The second-order valence-electron chi connectivity index (χ2n) is 6.02. The zero-order chi connectivity index (χ0) is 14.1. The molecule has 0 radical (unpaired) electrons. The summed E-state index contributed by atoms with van der Waals surface area (Å²) in [5.41, 5.74) is 2.30. The Morgan fingerprint density at radius 3 is 2.90 bits per heavy atom. The fraction of sp³-hybridized carbons (Fsp3) is 0.733. The predicted molar refractivity (Wildman–Crippen MR) is 77.2 cm³/mol. The Kier molecular flexibility index (Phi) is 3.78. The molecule has 1 saturated carbocycles. The van der Waals surface area contributed by atoms with Crippen molar-refractivity contribution in [1.29, 1.82) is 0 Å². The van der Waals surface area contributed by atoms with E-state index in [0.29, 0.717) is 12.6 Å². The summed E-state index contributed by atoms with van der Waals surface area (Å²) in [6.45, 7) is 3.69. The average Bonchev–Trinajstić information content (AvgIpc) is 3.17. The molecule has 0 aromatic carbocycles. The first-order chi connectivity index (χ1) is 9.67. The maximum absolute atomic E-state index is 12.5. The highest BCUT2D eigenvalue weighted by Gasteiger charge is 2.33. The van der Waals surface area contributed by atoms with Gasteiger partial charge in [-0.3, -0.25) is 9.48 Å². The van der Waals surface area contributed by atoms with Gasteiger partial charge in [0.1, 0.15) is 0 Å². The van der Waals surface area contributed by atoms with Gasteiger partial charge >= 0.3 is 0 Å². The summed E-state index contributed by atoms with van der Waals surface area (Å²) < 4.78 is 1.85. The predicted octanol–water partition coefficient (Wildman–Crippen LogP) is 1.23. The minimum atomic E-state index is 0.0398. The van der Waals surface area contributed by atoms with Crippen molar-refractivity contribution in [1.82, 2.24) is 20.0 Å². The second kappa shape index (κ2) is 5.56. The van der Waals surface area contributed by atoms with Crippen LogP contribution in [0.5, 0.6) is 0 Å². The van der Waals surface area contributed by atoms with Gasteiger partial charge in [-0.25, -0.2) is 0 Å². The minimum Gasteiger partial charge on any atom is -0.337 e. The highest BCUT2D eigenvalue weighted by atomic mass is 16.2. The van der Waals surface area contributed by atoms with Crippen molar-refractivity contribution in [3.63, 3.8) is 0 Å². The van der Waals surface area contributed by atoms with Crippen LogP contribution in [-0.4, -0.2) is 39.2 Å². The molecule has 5 heteroatoms. The maximum atomic E-state index is 12.5. The smallest absolute Gasteiger partial charge is 0.240 e. The Labute approximate surface area is 120 Å². The molecule has 1 N–H and O–H groups in total. The van der Waals surface area contributed by atoms with Crippen LogP contribution in [0.3, 0.4) is 0 Å². The number of hydrogen-bond donors (Lipinski definition) is 1. The van der Waals surface area contributed by atoms with E-state index < -0.39 is 0 Å². The Bertz CT molecular complexity index is 492. The summed E-state index contributed by atoms with van der Waals surface area (Å²) in [5, 5.41) is 7.94. The van der Waals surface area contributed by atoms with E-state index in [1.165, 1.54) is 18.4 Å². The number of amides is 1. The van der Waals surface area contributed by atoms with E-state index in [0.717, 1.165) is 31.5 Å². The van der Waals surface area contributed by atoms with Crippen LogP contribution in [0.15, 0.2) is 6.20 Å². The molecule has 1 atom stereocenters. The summed E-state index contributed by atoms with van der Waals surface area (Å²) in [6.07, 6.45) is 7.50. The number of aryl methyl sites for hydroxylation is 2. The summed E-state index contributed by atoms with van der Waals surface area (Å²) in [4.78, 5) is 14.5. The number of aromatic nitrogens is 2. The van der Waals surface area contributed by atoms with E-state index in [1.807, 2.05) is 22.8 Å². The van der Waals surface area contributed by atoms with Gasteiger partial charge < -0.3 is 10.2 Å². The van der Waals surface area contributed by atoms with E-state index in [1.54, 1.807) is 0 Å². The second-order valence-corrected chi connectivity index (χ2v) is 6.02. The van der Waals surface area contributed by atoms with Crippen molar-refractivity contribution < 1.29 is 4.79 Å². The Hall–Kier alpha value is -1.36. The van der Waals surface area contributed by atoms with E-state index in [4.69, 9.17) is 0 Å². The van der Waals surface area contributed by atoms with Crippen LogP contribution in [0.4, 0.5) is 0 Å². The van der Waals surface area contributed by atoms with Gasteiger partial charge in [0.05, 0.1) is 11.7 Å². The molecule has 1 amide bonds. The number of hydrogen-bond acceptors (Lipinski definition) is 3. The fourth-order valence-corrected chi connectivity index (χ4v) is 3.01. The largest absolute Gasteiger partial charge is 0.337 e. The lowest BCUT2D eigenvalue weighted by molar-refractivity contribution is -0.136. The average molecular weight is 276 g/mol. The van der Waals surface area contributed by atoms with E-state index in [-0.39, 0.29) is 11.9 Å². The molecule has 2 heterocycles. The third-order valence-electron chi connectivity index (χ3n) is 4.23. The molecule has 5 nitrogen and oxygen atoms in total. The van der Waals surface area contributed by atoms with Crippen molar-refractivity contribution in [2.45, 2.75) is 57.7 Å². The molecule has 0 spiro atoms. The van der Waals surface area contributed by atoms with Gasteiger partial charge in [-0.2, -0.15) is 5.10 Å². The molecule has 2 fully saturated rings. The quantitative estimate of drug-likeness (QED) is 0.880. The number of likely N-dealkylation sites (tertiary alicyclic amines) is 1. The number of rotatable bonds is 5. The molecule has 20 heavy (non-hydrogen) atoms. The summed E-state index contributed by atoms with van der Waals surface area (Å²) in [7, 11) is 1.94. The Balaban J connectivity index is 1.67. The van der Waals surface area contributed by atoms with E-state index >= 15 is 0 Å². The molecular formula is C15H24N4O. The minimum absolute atomic E-state index is 0.0398. The number of carbonyl (C=O) groups is 1. The monoisotopic (exact) mass is 276 g/mol. The lowest BCUT2D eigenvalue weighted by Gasteiger charge is -2.32. The summed E-state index contributed by atoms with van der Waals surface area (Å²) in [6, 6.07) is 0.631. The first kappa shape index (κ1) is 13.6. The topological polar surface area (TPSA) is 50.2 Å². The van der Waals surface area contributed by atoms with Crippen LogP contribution >= 0.6 is 0 Å². The Morgan fingerprint density at radius 2 is 2.20 bits per heavy atom. The Morgan fingerprint density at radius 1 is 1.40 bits per heavy atom. The van der Waals surface area contributed by atoms with Gasteiger partial charge in [-0.05, 0) is 32.1 Å². The lowest BCUT2D eigenvalue weighted by Crippen LogP contribution is -2.50. The van der Waals surface area contributed by atoms with Crippen LogP contribution in [0, 0.1) is 0 Å². The number of carbonyl (C=O) groups excluding carboxylic acids is 1. The van der Waals surface area contributed by atoms with Crippen LogP contribution < -0.4 is 5.32 Å². The van der Waals surface area contributed by atoms with Crippen molar-refractivity contribution in [2.24, 2.45) is 7.05 Å². The van der Waals surface area contributed by atoms with Crippen molar-refractivity contribution in [2.75, 3.05) is 6.54 Å². The molecule has 1 aromatic heterocycles. The summed E-state index contributed by atoms with van der Waals surface area (Å²) in [5.74, 6) is 0.272. The molecule has 0 bridgehead atoms. The molecule has 2 aliphatic rings. The van der Waals surface area contributed by atoms with Gasteiger partial charge in [-0.1, -0.05) is 6.92 Å². The third kappa shape index (κ3) is 2.87. The van der Waals surface area contributed by atoms with Gasteiger partial charge in [-0.15, -0.1) is 0 Å². The van der Waals surface area contributed by atoms with Gasteiger partial charge in [0.2, 0.25) is 5.91 Å². The van der Waals surface area contributed by atoms with Crippen LogP contribution in [-0.2, 0) is 24.8 Å². The van der Waals surface area contributed by atoms with Gasteiger partial charge in [0, 0.05) is 37.9 Å². The number of piperidine rings is 1. The van der Waals surface area contributed by atoms with Crippen molar-refractivity contribution >= 4 is 5.91 Å². The molecule has 1 aliphatic heterocycles. The first-order valence-corrected chi connectivity index (χ1v) is 7.73. The lowest BCUT2D eigenvalue weighted by atomic mass is 10.0. The van der Waals surface area contributed by atoms with Crippen molar-refractivity contribution in [3.05, 3.63) is 17.5 Å². The molecule has 110 valence electrons. The van der Waals surface area contributed by atoms with E-state index in [9.17, 15) is 4.79 Å². The normalized spacial score (nSPS) is 23.4. The molecule has 1 saturated heterocycles. The third-order valence-corrected chi connectivity index (χ3v) is 4.23. The van der Waals surface area contributed by atoms with E-state index in [2.05, 4.69) is 17.3 Å². The highest BCUT2D eigenvalue weighted by Crippen LogP contribution is 2.23. The van der Waals surface area contributed by atoms with Gasteiger partial charge in [0.15, 0.2) is 0 Å². The molecular weight excluding hydrogens is 252 g/mol. The maximum Gasteiger partial charge on any atom is 0.240 e. The SMILES string of the molecule is CCc1nn(C)cc1CN1CCCC(NC2CC2)C1=O. The molecule has 1 unspecified atom stereocenters. The number of nitrogens with zero attached hydrogens (tertiary/aromatic N) is 3. The molecule has 1 aromatic rings. The highest BCUT2D eigenvalue weighted by molar-refractivity contribution is 5.82. The van der Waals surface area contributed by atoms with Gasteiger partial charge in [0.25, 0.3) is 0 Å². The number of nitrogens with one attached hydrogen (secondary N) is 1.